The van der Waals surface area contributed by atoms with Gasteiger partial charge in [-0.25, -0.2) is 8.42 Å². The molecule has 0 aliphatic rings. The zero-order valence-corrected chi connectivity index (χ0v) is 19.1. The Kier molecular flexibility index (Phi) is 8.53. The Bertz CT molecular complexity index is 1030. The number of nitrogens with one attached hydrogen (secondary N) is 2. The minimum absolute atomic E-state index is 0.169. The molecule has 166 valence electrons. The first kappa shape index (κ1) is 24.3. The van der Waals surface area contributed by atoms with Crippen molar-refractivity contribution in [3.05, 3.63) is 71.3 Å². The molecule has 1 atom stereocenters. The number of sulfonamides is 1. The number of benzene rings is 2. The molecule has 2 aromatic rings. The molecule has 0 aliphatic carbocycles. The van der Waals surface area contributed by atoms with E-state index in [9.17, 15) is 18.0 Å². The Balaban J connectivity index is 2.01. The van der Waals surface area contributed by atoms with Gasteiger partial charge in [0.25, 0.3) is 5.91 Å². The van der Waals surface area contributed by atoms with Gasteiger partial charge in [0.05, 0.1) is 10.9 Å². The largest absolute Gasteiger partial charge is 0.355 e. The molecule has 2 N–H and O–H groups in total. The van der Waals surface area contributed by atoms with Gasteiger partial charge in [-0.15, -0.1) is 0 Å². The van der Waals surface area contributed by atoms with E-state index < -0.39 is 10.0 Å². The lowest BCUT2D eigenvalue weighted by atomic mass is 10.1. The highest BCUT2D eigenvalue weighted by Crippen LogP contribution is 2.19. The summed E-state index contributed by atoms with van der Waals surface area (Å²) in [5.41, 5.74) is 2.14. The van der Waals surface area contributed by atoms with E-state index in [2.05, 4.69) is 10.6 Å². The molecule has 1 unspecified atom stereocenters. The molecule has 2 aromatic carbocycles. The normalized spacial score (nSPS) is 12.7. The van der Waals surface area contributed by atoms with E-state index in [1.54, 1.807) is 75.5 Å². The predicted molar refractivity (Wildman–Crippen MR) is 122 cm³/mol. The number of amides is 2. The van der Waals surface area contributed by atoms with Crippen LogP contribution >= 0.6 is 0 Å². The summed E-state index contributed by atoms with van der Waals surface area (Å²) in [6.07, 6.45) is 3.08. The van der Waals surface area contributed by atoms with Gasteiger partial charge in [0, 0.05) is 31.8 Å². The molecule has 0 aliphatic heterocycles. The first-order valence-corrected chi connectivity index (χ1v) is 11.6. The fourth-order valence-corrected chi connectivity index (χ4v) is 4.51. The highest BCUT2D eigenvalue weighted by molar-refractivity contribution is 7.89. The number of carbonyl (C=O) groups excluding carboxylic acids is 2. The summed E-state index contributed by atoms with van der Waals surface area (Å²) in [5, 5.41) is 5.41. The number of hydrogen-bond acceptors (Lipinski definition) is 4. The topological polar surface area (TPSA) is 95.6 Å². The van der Waals surface area contributed by atoms with Crippen LogP contribution in [0.4, 0.5) is 0 Å². The van der Waals surface area contributed by atoms with Crippen molar-refractivity contribution in [2.45, 2.75) is 31.7 Å². The fourth-order valence-electron chi connectivity index (χ4n) is 3.05. The molecule has 7 nitrogen and oxygen atoms in total. The molecule has 0 bridgehead atoms. The summed E-state index contributed by atoms with van der Waals surface area (Å²) in [5.74, 6) is -0.444. The Hall–Kier alpha value is -2.97. The van der Waals surface area contributed by atoms with E-state index in [-0.39, 0.29) is 22.8 Å². The van der Waals surface area contributed by atoms with Crippen LogP contribution in [0.25, 0.3) is 6.08 Å². The summed E-state index contributed by atoms with van der Waals surface area (Å²) in [4.78, 5) is 24.0. The Morgan fingerprint density at radius 1 is 1.00 bits per heavy atom. The van der Waals surface area contributed by atoms with Crippen LogP contribution in [0.15, 0.2) is 59.5 Å². The number of nitrogens with zero attached hydrogens (tertiary/aromatic N) is 1. The summed E-state index contributed by atoms with van der Waals surface area (Å²) < 4.78 is 26.5. The highest BCUT2D eigenvalue weighted by Gasteiger charge is 2.21. The Morgan fingerprint density at radius 3 is 2.10 bits per heavy atom. The van der Waals surface area contributed by atoms with Crippen LogP contribution in [-0.4, -0.2) is 44.7 Å². The minimum atomic E-state index is -3.51. The molecule has 2 amide bonds. The summed E-state index contributed by atoms with van der Waals surface area (Å²) in [6, 6.07) is 13.1. The molecule has 8 heteroatoms. The van der Waals surface area contributed by atoms with Crippen LogP contribution in [0.3, 0.4) is 0 Å². The van der Waals surface area contributed by atoms with E-state index in [1.807, 2.05) is 6.92 Å². The highest BCUT2D eigenvalue weighted by atomic mass is 32.2. The lowest BCUT2D eigenvalue weighted by molar-refractivity contribution is -0.117. The van der Waals surface area contributed by atoms with Crippen LogP contribution in [-0.2, 0) is 14.8 Å². The minimum Gasteiger partial charge on any atom is -0.355 e. The third kappa shape index (κ3) is 6.26. The van der Waals surface area contributed by atoms with Gasteiger partial charge in [0.2, 0.25) is 15.9 Å². The maximum atomic E-state index is 12.6. The zero-order valence-electron chi connectivity index (χ0n) is 18.3. The smallest absolute Gasteiger partial charge is 0.251 e. The van der Waals surface area contributed by atoms with Crippen LogP contribution in [0.5, 0.6) is 0 Å². The van der Waals surface area contributed by atoms with Gasteiger partial charge in [-0.1, -0.05) is 38.1 Å². The van der Waals surface area contributed by atoms with Crippen LogP contribution in [0.1, 0.15) is 48.3 Å². The monoisotopic (exact) mass is 443 g/mol. The second-order valence-electron chi connectivity index (χ2n) is 6.92. The van der Waals surface area contributed by atoms with Crippen LogP contribution in [0, 0.1) is 0 Å². The second kappa shape index (κ2) is 10.9. The van der Waals surface area contributed by atoms with Crippen molar-refractivity contribution < 1.29 is 18.0 Å². The van der Waals surface area contributed by atoms with Crippen molar-refractivity contribution in [1.82, 2.24) is 14.9 Å². The van der Waals surface area contributed by atoms with Crippen molar-refractivity contribution in [1.29, 1.82) is 0 Å². The van der Waals surface area contributed by atoms with E-state index >= 15 is 0 Å². The first-order chi connectivity index (χ1) is 14.7. The Morgan fingerprint density at radius 2 is 1.58 bits per heavy atom. The van der Waals surface area contributed by atoms with Gasteiger partial charge in [-0.3, -0.25) is 9.59 Å². The van der Waals surface area contributed by atoms with Crippen molar-refractivity contribution in [3.8, 4) is 0 Å². The quantitative estimate of drug-likeness (QED) is 0.583. The zero-order chi connectivity index (χ0) is 23.0. The molecule has 31 heavy (non-hydrogen) atoms. The van der Waals surface area contributed by atoms with Crippen molar-refractivity contribution in [2.75, 3.05) is 20.1 Å². The molecule has 0 saturated heterocycles. The maximum Gasteiger partial charge on any atom is 0.251 e. The standard InChI is InChI=1S/C23H29N3O4S/c1-5-26(6-2)31(29,30)21-14-12-19(13-15-21)17(3)25-22(27)16-9-18-7-10-20(11-8-18)23(28)24-4/h7-17H,5-6H2,1-4H3,(H,24,28)(H,25,27)/b16-9+. The van der Waals surface area contributed by atoms with E-state index in [1.165, 1.54) is 10.4 Å². The van der Waals surface area contributed by atoms with Gasteiger partial charge in [0.15, 0.2) is 0 Å². The molecular formula is C23H29N3O4S. The molecule has 0 aromatic heterocycles. The molecule has 2 rings (SSSR count). The average molecular weight is 444 g/mol. The first-order valence-electron chi connectivity index (χ1n) is 10.1. The van der Waals surface area contributed by atoms with E-state index in [4.69, 9.17) is 0 Å². The predicted octanol–water partition coefficient (Wildman–Crippen LogP) is 2.97. The molecule has 0 radical (unpaired) electrons. The number of carbonyl (C=O) groups is 2. The van der Waals surface area contributed by atoms with Crippen molar-refractivity contribution in [2.24, 2.45) is 0 Å². The van der Waals surface area contributed by atoms with Gasteiger partial charge in [-0.2, -0.15) is 4.31 Å². The second-order valence-corrected chi connectivity index (χ2v) is 8.86. The van der Waals surface area contributed by atoms with Crippen LogP contribution < -0.4 is 10.6 Å². The summed E-state index contributed by atoms with van der Waals surface area (Å²) >= 11 is 0. The Labute approximate surface area is 184 Å². The molecule has 0 fully saturated rings. The lowest BCUT2D eigenvalue weighted by Gasteiger charge is -2.19. The number of hydrogen-bond donors (Lipinski definition) is 2. The van der Waals surface area contributed by atoms with Gasteiger partial charge < -0.3 is 10.6 Å². The van der Waals surface area contributed by atoms with E-state index in [0.29, 0.717) is 18.7 Å². The molecule has 0 spiro atoms. The van der Waals surface area contributed by atoms with Crippen molar-refractivity contribution in [3.63, 3.8) is 0 Å². The van der Waals surface area contributed by atoms with E-state index in [0.717, 1.165) is 11.1 Å². The molecule has 0 saturated carbocycles. The number of rotatable bonds is 9. The van der Waals surface area contributed by atoms with Crippen LogP contribution in [0.2, 0.25) is 0 Å². The average Bonchev–Trinajstić information content (AvgIpc) is 2.78. The third-order valence-electron chi connectivity index (χ3n) is 4.91. The van der Waals surface area contributed by atoms with Gasteiger partial charge >= 0.3 is 0 Å². The third-order valence-corrected chi connectivity index (χ3v) is 6.97. The van der Waals surface area contributed by atoms with Gasteiger partial charge in [0.1, 0.15) is 0 Å². The SMILES string of the molecule is CCN(CC)S(=O)(=O)c1ccc(C(C)NC(=O)/C=C/c2ccc(C(=O)NC)cc2)cc1. The molecular weight excluding hydrogens is 414 g/mol. The van der Waals surface area contributed by atoms with Gasteiger partial charge in [-0.05, 0) is 48.4 Å². The molecule has 0 heterocycles. The summed E-state index contributed by atoms with van der Waals surface area (Å²) in [6.45, 7) is 6.26. The lowest BCUT2D eigenvalue weighted by Crippen LogP contribution is -2.30. The van der Waals surface area contributed by atoms with Crippen molar-refractivity contribution >= 4 is 27.9 Å². The maximum absolute atomic E-state index is 12.6. The summed E-state index contributed by atoms with van der Waals surface area (Å²) in [7, 11) is -1.94. The fraction of sp³-hybridized carbons (Fsp3) is 0.304.